The van der Waals surface area contributed by atoms with E-state index in [2.05, 4.69) is 15.6 Å². The summed E-state index contributed by atoms with van der Waals surface area (Å²) >= 11 is 0. The lowest BCUT2D eigenvalue weighted by Gasteiger charge is -2.22. The van der Waals surface area contributed by atoms with Gasteiger partial charge in [0, 0.05) is 17.8 Å². The second-order valence-electron chi connectivity index (χ2n) is 7.08. The number of carbonyl (C=O) groups excluding carboxylic acids is 3. The minimum absolute atomic E-state index is 0.0537. The zero-order valence-electron chi connectivity index (χ0n) is 16.8. The molecule has 1 saturated carbocycles. The summed E-state index contributed by atoms with van der Waals surface area (Å²) in [6.45, 7) is -0.249. The van der Waals surface area contributed by atoms with Crippen molar-refractivity contribution in [2.75, 3.05) is 19.0 Å². The first kappa shape index (κ1) is 21.3. The zero-order chi connectivity index (χ0) is 21.3. The van der Waals surface area contributed by atoms with E-state index >= 15 is 0 Å². The summed E-state index contributed by atoms with van der Waals surface area (Å²) in [5.74, 6) is -1.05. The van der Waals surface area contributed by atoms with Crippen LogP contribution >= 0.6 is 0 Å². The smallest absolute Gasteiger partial charge is 0.292 e. The van der Waals surface area contributed by atoms with Gasteiger partial charge in [0.1, 0.15) is 0 Å². The Labute approximate surface area is 175 Å². The predicted octanol–water partition coefficient (Wildman–Crippen LogP) is 2.74. The van der Waals surface area contributed by atoms with Gasteiger partial charge in [0.2, 0.25) is 5.78 Å². The molecule has 2 amide bonds. The van der Waals surface area contributed by atoms with Crippen LogP contribution < -0.4 is 20.1 Å². The molecule has 8 nitrogen and oxygen atoms in total. The maximum atomic E-state index is 12.5. The molecular weight excluding hydrogens is 386 g/mol. The first-order valence-electron chi connectivity index (χ1n) is 9.92. The van der Waals surface area contributed by atoms with Gasteiger partial charge < -0.3 is 20.1 Å². The van der Waals surface area contributed by atoms with Crippen molar-refractivity contribution in [3.63, 3.8) is 0 Å². The highest BCUT2D eigenvalue weighted by molar-refractivity contribution is 6.42. The fraction of sp³-hybridized carbons (Fsp3) is 0.364. The number of ether oxygens (including phenoxy) is 2. The minimum Gasteiger partial charge on any atom is -0.493 e. The molecule has 2 aromatic rings. The number of methoxy groups -OCH3 is 1. The molecule has 3 rings (SSSR count). The van der Waals surface area contributed by atoms with Crippen molar-refractivity contribution in [1.82, 2.24) is 10.3 Å². The average Bonchev–Trinajstić information content (AvgIpc) is 2.78. The third kappa shape index (κ3) is 5.79. The van der Waals surface area contributed by atoms with Gasteiger partial charge in [0.05, 0.1) is 19.0 Å². The van der Waals surface area contributed by atoms with E-state index in [1.807, 2.05) is 0 Å². The standard InChI is InChI=1S/C22H25N3O5/c1-29-19-12-15(21(27)22(28)25-16-6-3-2-4-7-16)9-10-18(19)30-14-20(26)24-17-8-5-11-23-13-17/h5,8-13,16H,2-4,6-7,14H2,1H3,(H,24,26)(H,25,28). The molecule has 1 aliphatic carbocycles. The van der Waals surface area contributed by atoms with Crippen LogP contribution in [0.3, 0.4) is 0 Å². The molecule has 1 heterocycles. The Hall–Kier alpha value is -3.42. The van der Waals surface area contributed by atoms with E-state index in [1.165, 1.54) is 37.9 Å². The van der Waals surface area contributed by atoms with Crippen molar-refractivity contribution < 1.29 is 23.9 Å². The van der Waals surface area contributed by atoms with Gasteiger partial charge in [-0.15, -0.1) is 0 Å². The molecule has 1 aromatic heterocycles. The Bertz CT molecular complexity index is 895. The van der Waals surface area contributed by atoms with E-state index in [1.54, 1.807) is 18.3 Å². The summed E-state index contributed by atoms with van der Waals surface area (Å²) in [7, 11) is 1.42. The molecule has 0 aliphatic heterocycles. The molecule has 0 radical (unpaired) electrons. The van der Waals surface area contributed by atoms with Crippen LogP contribution in [0, 0.1) is 0 Å². The lowest BCUT2D eigenvalue weighted by atomic mass is 9.95. The zero-order valence-corrected chi connectivity index (χ0v) is 16.8. The quantitative estimate of drug-likeness (QED) is 0.511. The molecule has 1 aliphatic rings. The minimum atomic E-state index is -0.625. The predicted molar refractivity (Wildman–Crippen MR) is 111 cm³/mol. The van der Waals surface area contributed by atoms with Crippen molar-refractivity contribution in [3.05, 3.63) is 48.3 Å². The van der Waals surface area contributed by atoms with Gasteiger partial charge in [0.15, 0.2) is 18.1 Å². The maximum absolute atomic E-state index is 12.5. The Kier molecular flexibility index (Phi) is 7.37. The normalized spacial score (nSPS) is 13.9. The highest BCUT2D eigenvalue weighted by Gasteiger charge is 2.22. The molecule has 0 bridgehead atoms. The Morgan fingerprint density at radius 3 is 2.60 bits per heavy atom. The highest BCUT2D eigenvalue weighted by Crippen LogP contribution is 2.28. The van der Waals surface area contributed by atoms with Crippen LogP contribution in [0.4, 0.5) is 5.69 Å². The van der Waals surface area contributed by atoms with E-state index in [-0.39, 0.29) is 29.9 Å². The maximum Gasteiger partial charge on any atom is 0.292 e. The summed E-state index contributed by atoms with van der Waals surface area (Å²) < 4.78 is 10.8. The van der Waals surface area contributed by atoms with Crippen molar-refractivity contribution in [3.8, 4) is 11.5 Å². The van der Waals surface area contributed by atoms with Crippen molar-refractivity contribution in [2.24, 2.45) is 0 Å². The molecular formula is C22H25N3O5. The lowest BCUT2D eigenvalue weighted by molar-refractivity contribution is -0.118. The second-order valence-corrected chi connectivity index (χ2v) is 7.08. The van der Waals surface area contributed by atoms with Gasteiger partial charge in [-0.3, -0.25) is 19.4 Å². The number of amides is 2. The molecule has 0 spiro atoms. The van der Waals surface area contributed by atoms with Gasteiger partial charge in [-0.25, -0.2) is 0 Å². The van der Waals surface area contributed by atoms with Crippen LogP contribution in [0.5, 0.6) is 11.5 Å². The SMILES string of the molecule is COc1cc(C(=O)C(=O)NC2CCCCC2)ccc1OCC(=O)Nc1cccnc1. The summed E-state index contributed by atoms with van der Waals surface area (Å²) in [6, 6.07) is 7.91. The van der Waals surface area contributed by atoms with E-state index in [0.717, 1.165) is 25.7 Å². The number of Topliss-reactive ketones (excluding diaryl/α,β-unsaturated/α-hetero) is 1. The first-order chi connectivity index (χ1) is 14.6. The average molecular weight is 411 g/mol. The topological polar surface area (TPSA) is 107 Å². The lowest BCUT2D eigenvalue weighted by Crippen LogP contribution is -2.40. The number of anilines is 1. The third-order valence-electron chi connectivity index (χ3n) is 4.88. The van der Waals surface area contributed by atoms with Crippen LogP contribution in [0.1, 0.15) is 42.5 Å². The van der Waals surface area contributed by atoms with Gasteiger partial charge in [0.25, 0.3) is 11.8 Å². The van der Waals surface area contributed by atoms with Gasteiger partial charge in [-0.1, -0.05) is 19.3 Å². The second kappa shape index (κ2) is 10.4. The number of rotatable bonds is 8. The van der Waals surface area contributed by atoms with Gasteiger partial charge in [-0.2, -0.15) is 0 Å². The van der Waals surface area contributed by atoms with Crippen LogP contribution in [0.15, 0.2) is 42.7 Å². The first-order valence-corrected chi connectivity index (χ1v) is 9.92. The molecule has 1 fully saturated rings. The number of hydrogen-bond donors (Lipinski definition) is 2. The van der Waals surface area contributed by atoms with E-state index in [4.69, 9.17) is 9.47 Å². The molecule has 0 unspecified atom stereocenters. The van der Waals surface area contributed by atoms with Gasteiger partial charge in [-0.05, 0) is 43.2 Å². The Balaban J connectivity index is 1.58. The van der Waals surface area contributed by atoms with E-state index in [0.29, 0.717) is 11.4 Å². The molecule has 1 aromatic carbocycles. The van der Waals surface area contributed by atoms with Crippen LogP contribution in [0.2, 0.25) is 0 Å². The summed E-state index contributed by atoms with van der Waals surface area (Å²) in [5, 5.41) is 5.47. The number of pyridine rings is 1. The van der Waals surface area contributed by atoms with Crippen molar-refractivity contribution in [1.29, 1.82) is 0 Å². The summed E-state index contributed by atoms with van der Waals surface area (Å²) in [4.78, 5) is 40.7. The molecule has 2 N–H and O–H groups in total. The van der Waals surface area contributed by atoms with Crippen molar-refractivity contribution >= 4 is 23.3 Å². The molecule has 0 atom stereocenters. The fourth-order valence-electron chi connectivity index (χ4n) is 3.33. The van der Waals surface area contributed by atoms with E-state index < -0.39 is 11.7 Å². The fourth-order valence-corrected chi connectivity index (χ4v) is 3.33. The molecule has 0 saturated heterocycles. The van der Waals surface area contributed by atoms with Crippen molar-refractivity contribution in [2.45, 2.75) is 38.1 Å². The van der Waals surface area contributed by atoms with Crippen LogP contribution in [-0.2, 0) is 9.59 Å². The number of benzene rings is 1. The summed E-state index contributed by atoms with van der Waals surface area (Å²) in [5.41, 5.74) is 0.760. The number of aromatic nitrogens is 1. The number of ketones is 1. The summed E-state index contributed by atoms with van der Waals surface area (Å²) in [6.07, 6.45) is 8.22. The number of nitrogens with zero attached hydrogens (tertiary/aromatic N) is 1. The Morgan fingerprint density at radius 1 is 1.10 bits per heavy atom. The van der Waals surface area contributed by atoms with Gasteiger partial charge >= 0.3 is 0 Å². The van der Waals surface area contributed by atoms with E-state index in [9.17, 15) is 14.4 Å². The van der Waals surface area contributed by atoms with Crippen LogP contribution in [-0.4, -0.2) is 42.3 Å². The highest BCUT2D eigenvalue weighted by atomic mass is 16.5. The third-order valence-corrected chi connectivity index (χ3v) is 4.88. The molecule has 158 valence electrons. The Morgan fingerprint density at radius 2 is 1.90 bits per heavy atom. The largest absolute Gasteiger partial charge is 0.493 e. The number of nitrogens with one attached hydrogen (secondary N) is 2. The molecule has 30 heavy (non-hydrogen) atoms. The molecule has 8 heteroatoms. The van der Waals surface area contributed by atoms with Crippen LogP contribution in [0.25, 0.3) is 0 Å². The number of carbonyl (C=O) groups is 3. The monoisotopic (exact) mass is 411 g/mol. The number of hydrogen-bond acceptors (Lipinski definition) is 6.